The van der Waals surface area contributed by atoms with Crippen molar-refractivity contribution in [1.82, 2.24) is 20.1 Å². The van der Waals surface area contributed by atoms with E-state index in [-0.39, 0.29) is 17.7 Å². The Morgan fingerprint density at radius 1 is 1.25 bits per heavy atom. The van der Waals surface area contributed by atoms with Gasteiger partial charge in [-0.25, -0.2) is 0 Å². The molecule has 0 saturated carbocycles. The van der Waals surface area contributed by atoms with Crippen LogP contribution in [0, 0.1) is 20.8 Å². The van der Waals surface area contributed by atoms with Gasteiger partial charge < -0.3 is 14.5 Å². The quantitative estimate of drug-likeness (QED) is 0.608. The molecule has 0 saturated heterocycles. The maximum atomic E-state index is 12.4. The normalized spacial score (nSPS) is 12.0. The van der Waals surface area contributed by atoms with Gasteiger partial charge in [0.25, 0.3) is 0 Å². The average molecular weight is 401 g/mol. The van der Waals surface area contributed by atoms with Crippen LogP contribution < -0.4 is 10.1 Å². The van der Waals surface area contributed by atoms with Crippen LogP contribution >= 0.6 is 11.8 Å². The van der Waals surface area contributed by atoms with E-state index in [9.17, 15) is 4.79 Å². The van der Waals surface area contributed by atoms with Crippen molar-refractivity contribution in [2.45, 2.75) is 38.9 Å². The second-order valence-electron chi connectivity index (χ2n) is 6.51. The van der Waals surface area contributed by atoms with E-state index >= 15 is 0 Å². The van der Waals surface area contributed by atoms with Gasteiger partial charge in [0.1, 0.15) is 23.1 Å². The van der Waals surface area contributed by atoms with Gasteiger partial charge in [0.2, 0.25) is 5.91 Å². The molecule has 3 aromatic rings. The van der Waals surface area contributed by atoms with Crippen LogP contribution in [0.15, 0.2) is 39.9 Å². The average Bonchev–Trinajstić information content (AvgIpc) is 3.21. The molecule has 0 aliphatic rings. The molecule has 7 nitrogen and oxygen atoms in total. The highest BCUT2D eigenvalue weighted by molar-refractivity contribution is 7.99. The van der Waals surface area contributed by atoms with Gasteiger partial charge in [-0.1, -0.05) is 11.8 Å². The lowest BCUT2D eigenvalue weighted by atomic mass is 10.1. The highest BCUT2D eigenvalue weighted by Crippen LogP contribution is 2.24. The molecule has 148 valence electrons. The summed E-state index contributed by atoms with van der Waals surface area (Å²) in [6, 6.07) is 9.47. The van der Waals surface area contributed by atoms with Gasteiger partial charge in [0, 0.05) is 11.3 Å². The van der Waals surface area contributed by atoms with Gasteiger partial charge in [-0.05, 0) is 58.0 Å². The lowest BCUT2D eigenvalue weighted by Crippen LogP contribution is -2.28. The van der Waals surface area contributed by atoms with Gasteiger partial charge in [0.05, 0.1) is 18.9 Å². The molecule has 1 amide bonds. The number of aromatic nitrogens is 3. The first-order chi connectivity index (χ1) is 13.4. The number of methoxy groups -OCH3 is 1. The minimum Gasteiger partial charge on any atom is -0.497 e. The fraction of sp³-hybridized carbons (Fsp3) is 0.350. The summed E-state index contributed by atoms with van der Waals surface area (Å²) in [6.45, 7) is 7.63. The number of carbonyl (C=O) groups excluding carboxylic acids is 1. The first-order valence-electron chi connectivity index (χ1n) is 8.94. The van der Waals surface area contributed by atoms with E-state index in [1.165, 1.54) is 11.8 Å². The Kier molecular flexibility index (Phi) is 6.08. The molecule has 0 aliphatic heterocycles. The molecule has 0 fully saturated rings. The van der Waals surface area contributed by atoms with Crippen LogP contribution in [-0.2, 0) is 4.79 Å². The minimum atomic E-state index is -0.119. The summed E-state index contributed by atoms with van der Waals surface area (Å²) in [5.41, 5.74) is 1.91. The van der Waals surface area contributed by atoms with Crippen LogP contribution in [0.2, 0.25) is 0 Å². The number of thioether (sulfide) groups is 1. The Balaban J connectivity index is 1.66. The molecule has 0 bridgehead atoms. The number of nitrogens with one attached hydrogen (secondary N) is 1. The van der Waals surface area contributed by atoms with Crippen LogP contribution in [0.4, 0.5) is 0 Å². The summed E-state index contributed by atoms with van der Waals surface area (Å²) in [4.78, 5) is 12.4. The molecule has 0 aliphatic carbocycles. The summed E-state index contributed by atoms with van der Waals surface area (Å²) in [6.07, 6.45) is 0. The maximum Gasteiger partial charge on any atom is 0.230 e. The summed E-state index contributed by atoms with van der Waals surface area (Å²) in [5.74, 6) is 3.37. The van der Waals surface area contributed by atoms with E-state index in [2.05, 4.69) is 15.5 Å². The first-order valence-corrected chi connectivity index (χ1v) is 9.93. The second kappa shape index (κ2) is 8.52. The van der Waals surface area contributed by atoms with Crippen LogP contribution in [0.3, 0.4) is 0 Å². The zero-order valence-corrected chi connectivity index (χ0v) is 17.5. The Morgan fingerprint density at radius 2 is 1.96 bits per heavy atom. The third-order valence-electron chi connectivity index (χ3n) is 4.38. The van der Waals surface area contributed by atoms with Gasteiger partial charge in [-0.3, -0.25) is 9.36 Å². The first kappa shape index (κ1) is 20.0. The molecule has 28 heavy (non-hydrogen) atoms. The fourth-order valence-electron chi connectivity index (χ4n) is 3.04. The van der Waals surface area contributed by atoms with Crippen molar-refractivity contribution in [2.75, 3.05) is 12.9 Å². The van der Waals surface area contributed by atoms with E-state index < -0.39 is 0 Å². The van der Waals surface area contributed by atoms with Crippen molar-refractivity contribution in [3.05, 3.63) is 53.2 Å². The van der Waals surface area contributed by atoms with E-state index in [1.807, 2.05) is 62.6 Å². The summed E-state index contributed by atoms with van der Waals surface area (Å²) in [5, 5.41) is 12.0. The number of benzene rings is 1. The molecule has 1 N–H and O–H groups in total. The standard InChI is InChI=1S/C20H24N4O3S/c1-12-10-18(14(3)27-12)13(2)21-19(25)11-28-20-23-22-15(4)24(20)16-6-8-17(26-5)9-7-16/h6-10,13H,11H2,1-5H3,(H,21,25). The maximum absolute atomic E-state index is 12.4. The number of amides is 1. The molecule has 8 heteroatoms. The molecule has 0 radical (unpaired) electrons. The van der Waals surface area contributed by atoms with Crippen molar-refractivity contribution < 1.29 is 13.9 Å². The lowest BCUT2D eigenvalue weighted by molar-refractivity contribution is -0.119. The third-order valence-corrected chi connectivity index (χ3v) is 5.31. The van der Waals surface area contributed by atoms with Crippen LogP contribution in [0.25, 0.3) is 5.69 Å². The van der Waals surface area contributed by atoms with E-state index in [0.29, 0.717) is 5.16 Å². The smallest absolute Gasteiger partial charge is 0.230 e. The molecule has 0 spiro atoms. The third kappa shape index (κ3) is 4.39. The van der Waals surface area contributed by atoms with Crippen molar-refractivity contribution >= 4 is 17.7 Å². The Morgan fingerprint density at radius 3 is 2.57 bits per heavy atom. The van der Waals surface area contributed by atoms with Crippen LogP contribution in [-0.4, -0.2) is 33.5 Å². The molecular weight excluding hydrogens is 376 g/mol. The number of hydrogen-bond donors (Lipinski definition) is 1. The lowest BCUT2D eigenvalue weighted by Gasteiger charge is -2.13. The molecule has 3 rings (SSSR count). The second-order valence-corrected chi connectivity index (χ2v) is 7.45. The SMILES string of the molecule is COc1ccc(-n2c(C)nnc2SCC(=O)NC(C)c2cc(C)oc2C)cc1. The topological polar surface area (TPSA) is 82.2 Å². The molecule has 2 aromatic heterocycles. The number of rotatable bonds is 7. The zero-order valence-electron chi connectivity index (χ0n) is 16.6. The number of aryl methyl sites for hydroxylation is 3. The van der Waals surface area contributed by atoms with Crippen molar-refractivity contribution in [2.24, 2.45) is 0 Å². The Labute approximate surface area is 168 Å². The summed E-state index contributed by atoms with van der Waals surface area (Å²) < 4.78 is 12.7. The number of carbonyl (C=O) groups is 1. The van der Waals surface area contributed by atoms with Crippen LogP contribution in [0.1, 0.15) is 35.9 Å². The Bertz CT molecular complexity index is 962. The van der Waals surface area contributed by atoms with Crippen LogP contribution in [0.5, 0.6) is 5.75 Å². The van der Waals surface area contributed by atoms with Crippen molar-refractivity contribution in [3.8, 4) is 11.4 Å². The van der Waals surface area contributed by atoms with Gasteiger partial charge >= 0.3 is 0 Å². The largest absolute Gasteiger partial charge is 0.497 e. The van der Waals surface area contributed by atoms with Gasteiger partial charge in [-0.15, -0.1) is 10.2 Å². The van der Waals surface area contributed by atoms with Gasteiger partial charge in [-0.2, -0.15) is 0 Å². The highest BCUT2D eigenvalue weighted by atomic mass is 32.2. The minimum absolute atomic E-state index is 0.0716. The number of hydrogen-bond acceptors (Lipinski definition) is 6. The van der Waals surface area contributed by atoms with E-state index in [0.717, 1.165) is 34.3 Å². The van der Waals surface area contributed by atoms with E-state index in [4.69, 9.17) is 9.15 Å². The summed E-state index contributed by atoms with van der Waals surface area (Å²) in [7, 11) is 1.63. The predicted octanol–water partition coefficient (Wildman–Crippen LogP) is 3.76. The van der Waals surface area contributed by atoms with Gasteiger partial charge in [0.15, 0.2) is 5.16 Å². The molecule has 1 atom stereocenters. The molecule has 1 unspecified atom stereocenters. The fourth-order valence-corrected chi connectivity index (χ4v) is 3.85. The number of ether oxygens (including phenoxy) is 1. The Hall–Kier alpha value is -2.74. The van der Waals surface area contributed by atoms with Crippen molar-refractivity contribution in [1.29, 1.82) is 0 Å². The predicted molar refractivity (Wildman–Crippen MR) is 108 cm³/mol. The molecule has 2 heterocycles. The van der Waals surface area contributed by atoms with E-state index in [1.54, 1.807) is 7.11 Å². The van der Waals surface area contributed by atoms with Crippen molar-refractivity contribution in [3.63, 3.8) is 0 Å². The monoisotopic (exact) mass is 400 g/mol. The molecule has 1 aromatic carbocycles. The highest BCUT2D eigenvalue weighted by Gasteiger charge is 2.17. The number of nitrogens with zero attached hydrogens (tertiary/aromatic N) is 3. The molecular formula is C20H24N4O3S. The number of furan rings is 1. The zero-order chi connectivity index (χ0) is 20.3. The summed E-state index contributed by atoms with van der Waals surface area (Å²) >= 11 is 1.35.